The lowest BCUT2D eigenvalue weighted by molar-refractivity contribution is -0.118. The minimum absolute atomic E-state index is 0.0523. The van der Waals surface area contributed by atoms with E-state index in [1.54, 1.807) is 0 Å². The van der Waals surface area contributed by atoms with E-state index < -0.39 is 24.0 Å². The molecule has 3 N–H and O–H groups in total. The molecule has 9 nitrogen and oxygen atoms in total. The summed E-state index contributed by atoms with van der Waals surface area (Å²) in [6.45, 7) is 0.153. The molecule has 2 amide bonds. The summed E-state index contributed by atoms with van der Waals surface area (Å²) in [7, 11) is 1.48. The van der Waals surface area contributed by atoms with Gasteiger partial charge in [-0.25, -0.2) is 9.59 Å². The second kappa shape index (κ2) is 9.25. The van der Waals surface area contributed by atoms with Gasteiger partial charge in [0.15, 0.2) is 5.82 Å². The highest BCUT2D eigenvalue weighted by Gasteiger charge is 2.33. The summed E-state index contributed by atoms with van der Waals surface area (Å²) in [5.74, 6) is -1.21. The standard InChI is InChI=1S/C26H26N4O5/c1-30-22(25(32)33)13-23(29-30)28-24(31)21(12-15-10-11-15)27-26(34)35-14-20-18-8-4-2-6-16(18)17-7-3-5-9-19(17)20/h2-9,13,15,20-21H,10-12,14H2,1H3,(H,27,34)(H,32,33)(H,28,29,31)/t21-/m0/s1. The summed E-state index contributed by atoms with van der Waals surface area (Å²) >= 11 is 0. The zero-order valence-electron chi connectivity index (χ0n) is 19.2. The van der Waals surface area contributed by atoms with Crippen molar-refractivity contribution < 1.29 is 24.2 Å². The number of nitrogens with one attached hydrogen (secondary N) is 2. The number of aromatic nitrogens is 2. The van der Waals surface area contributed by atoms with Crippen molar-refractivity contribution in [1.29, 1.82) is 0 Å². The van der Waals surface area contributed by atoms with Crippen molar-refractivity contribution in [3.05, 3.63) is 71.4 Å². The Bertz CT molecular complexity index is 1250. The normalized spacial score (nSPS) is 15.1. The van der Waals surface area contributed by atoms with E-state index in [9.17, 15) is 19.5 Å². The average Bonchev–Trinajstić information content (AvgIpc) is 3.50. The maximum atomic E-state index is 12.9. The van der Waals surface area contributed by atoms with Gasteiger partial charge in [0.05, 0.1) is 0 Å². The molecule has 2 aliphatic carbocycles. The zero-order valence-corrected chi connectivity index (χ0v) is 19.2. The van der Waals surface area contributed by atoms with Crippen LogP contribution in [-0.2, 0) is 16.6 Å². The second-order valence-corrected chi connectivity index (χ2v) is 9.03. The van der Waals surface area contributed by atoms with E-state index in [1.807, 2.05) is 36.4 Å². The van der Waals surface area contributed by atoms with Crippen molar-refractivity contribution in [2.45, 2.75) is 31.2 Å². The van der Waals surface area contributed by atoms with Gasteiger partial charge in [0.25, 0.3) is 0 Å². The maximum Gasteiger partial charge on any atom is 0.407 e. The first-order valence-electron chi connectivity index (χ1n) is 11.6. The first kappa shape index (κ1) is 22.6. The minimum atomic E-state index is -1.15. The zero-order chi connectivity index (χ0) is 24.5. The van der Waals surface area contributed by atoms with Gasteiger partial charge < -0.3 is 20.5 Å². The van der Waals surface area contributed by atoms with Crippen LogP contribution in [0.15, 0.2) is 54.6 Å². The van der Waals surface area contributed by atoms with Gasteiger partial charge in [-0.15, -0.1) is 0 Å². The molecule has 1 atom stereocenters. The molecule has 3 aromatic rings. The number of carbonyl (C=O) groups excluding carboxylic acids is 2. The van der Waals surface area contributed by atoms with E-state index in [-0.39, 0.29) is 24.0 Å². The SMILES string of the molecule is Cn1nc(NC(=O)[C@H](CC2CC2)NC(=O)OCC2c3ccccc3-c3ccccc32)cc1C(=O)O. The van der Waals surface area contributed by atoms with Gasteiger partial charge >= 0.3 is 12.1 Å². The number of amides is 2. The molecule has 0 spiro atoms. The lowest BCUT2D eigenvalue weighted by atomic mass is 9.98. The summed E-state index contributed by atoms with van der Waals surface area (Å²) in [6, 6.07) is 16.6. The van der Waals surface area contributed by atoms with E-state index in [0.717, 1.165) is 35.1 Å². The summed E-state index contributed by atoms with van der Waals surface area (Å²) < 4.78 is 6.77. The number of carboxylic acids is 1. The number of alkyl carbamates (subject to hydrolysis) is 1. The van der Waals surface area contributed by atoms with Crippen molar-refractivity contribution in [3.8, 4) is 11.1 Å². The Morgan fingerprint density at radius 3 is 2.29 bits per heavy atom. The molecule has 0 unspecified atom stereocenters. The van der Waals surface area contributed by atoms with Gasteiger partial charge in [-0.3, -0.25) is 9.48 Å². The second-order valence-electron chi connectivity index (χ2n) is 9.03. The fraction of sp³-hybridized carbons (Fsp3) is 0.308. The average molecular weight is 475 g/mol. The van der Waals surface area contributed by atoms with Crippen LogP contribution in [0.2, 0.25) is 0 Å². The number of hydrogen-bond donors (Lipinski definition) is 3. The molecule has 2 aromatic carbocycles. The van der Waals surface area contributed by atoms with Gasteiger partial charge in [-0.05, 0) is 34.6 Å². The Labute approximate surface area is 202 Å². The van der Waals surface area contributed by atoms with E-state index in [4.69, 9.17) is 4.74 Å². The van der Waals surface area contributed by atoms with Crippen LogP contribution < -0.4 is 10.6 Å². The fourth-order valence-corrected chi connectivity index (χ4v) is 4.64. The Balaban J connectivity index is 1.24. The number of ether oxygens (including phenoxy) is 1. The minimum Gasteiger partial charge on any atom is -0.477 e. The molecular formula is C26H26N4O5. The van der Waals surface area contributed by atoms with Gasteiger partial charge in [-0.2, -0.15) is 5.10 Å². The molecule has 0 saturated heterocycles. The number of fused-ring (bicyclic) bond motifs is 3. The quantitative estimate of drug-likeness (QED) is 0.457. The topological polar surface area (TPSA) is 123 Å². The third-order valence-corrected chi connectivity index (χ3v) is 6.57. The lowest BCUT2D eigenvalue weighted by Gasteiger charge is -2.19. The number of rotatable bonds is 8. The monoisotopic (exact) mass is 474 g/mol. The van der Waals surface area contributed by atoms with Gasteiger partial charge in [0.1, 0.15) is 18.3 Å². The van der Waals surface area contributed by atoms with Crippen LogP contribution in [0.4, 0.5) is 10.6 Å². The molecule has 9 heteroatoms. The predicted octanol–water partition coefficient (Wildman–Crippen LogP) is 3.76. The Hall–Kier alpha value is -4.14. The summed E-state index contributed by atoms with van der Waals surface area (Å²) in [5, 5.41) is 18.5. The number of nitrogens with zero attached hydrogens (tertiary/aromatic N) is 2. The smallest absolute Gasteiger partial charge is 0.407 e. The van der Waals surface area contributed by atoms with Crippen molar-refractivity contribution in [1.82, 2.24) is 15.1 Å². The Morgan fingerprint density at radius 2 is 1.71 bits per heavy atom. The van der Waals surface area contributed by atoms with Crippen LogP contribution in [0.1, 0.15) is 46.8 Å². The number of hydrogen-bond acceptors (Lipinski definition) is 5. The molecule has 35 heavy (non-hydrogen) atoms. The molecule has 1 saturated carbocycles. The van der Waals surface area contributed by atoms with Gasteiger partial charge in [-0.1, -0.05) is 61.4 Å². The molecule has 5 rings (SSSR count). The van der Waals surface area contributed by atoms with Crippen molar-refractivity contribution >= 4 is 23.8 Å². The molecule has 1 heterocycles. The lowest BCUT2D eigenvalue weighted by Crippen LogP contribution is -2.44. The third kappa shape index (κ3) is 4.75. The van der Waals surface area contributed by atoms with Crippen molar-refractivity contribution in [2.24, 2.45) is 13.0 Å². The maximum absolute atomic E-state index is 12.9. The summed E-state index contributed by atoms with van der Waals surface area (Å²) in [6.07, 6.45) is 1.82. The fourth-order valence-electron chi connectivity index (χ4n) is 4.64. The van der Waals surface area contributed by atoms with Crippen LogP contribution in [0, 0.1) is 5.92 Å². The molecule has 1 aromatic heterocycles. The van der Waals surface area contributed by atoms with E-state index in [2.05, 4.69) is 27.9 Å². The third-order valence-electron chi connectivity index (χ3n) is 6.57. The molecule has 2 aliphatic rings. The van der Waals surface area contributed by atoms with Crippen LogP contribution in [0.5, 0.6) is 0 Å². The Morgan fingerprint density at radius 1 is 1.09 bits per heavy atom. The highest BCUT2D eigenvalue weighted by molar-refractivity contribution is 5.97. The van der Waals surface area contributed by atoms with Crippen LogP contribution >= 0.6 is 0 Å². The van der Waals surface area contributed by atoms with Crippen LogP contribution in [-0.4, -0.2) is 45.5 Å². The van der Waals surface area contributed by atoms with Crippen molar-refractivity contribution in [2.75, 3.05) is 11.9 Å². The molecule has 0 aliphatic heterocycles. The predicted molar refractivity (Wildman–Crippen MR) is 128 cm³/mol. The van der Waals surface area contributed by atoms with E-state index in [0.29, 0.717) is 12.3 Å². The molecule has 180 valence electrons. The first-order chi connectivity index (χ1) is 16.9. The number of carboxylic acid groups (broad SMARTS) is 1. The van der Waals surface area contributed by atoms with E-state index >= 15 is 0 Å². The highest BCUT2D eigenvalue weighted by Crippen LogP contribution is 2.44. The number of aromatic carboxylic acids is 1. The summed E-state index contributed by atoms with van der Waals surface area (Å²) in [5.41, 5.74) is 4.44. The largest absolute Gasteiger partial charge is 0.477 e. The van der Waals surface area contributed by atoms with Crippen LogP contribution in [0.25, 0.3) is 11.1 Å². The Kier molecular flexibility index (Phi) is 5.98. The summed E-state index contributed by atoms with van der Waals surface area (Å²) in [4.78, 5) is 36.9. The number of carbonyl (C=O) groups is 3. The molecule has 1 fully saturated rings. The van der Waals surface area contributed by atoms with Gasteiger partial charge in [0.2, 0.25) is 5.91 Å². The van der Waals surface area contributed by atoms with Crippen LogP contribution in [0.3, 0.4) is 0 Å². The number of aryl methyl sites for hydroxylation is 1. The van der Waals surface area contributed by atoms with Gasteiger partial charge in [0, 0.05) is 19.0 Å². The number of anilines is 1. The van der Waals surface area contributed by atoms with Crippen molar-refractivity contribution in [3.63, 3.8) is 0 Å². The molecular weight excluding hydrogens is 448 g/mol. The first-order valence-corrected chi connectivity index (χ1v) is 11.6. The highest BCUT2D eigenvalue weighted by atomic mass is 16.5. The number of benzene rings is 2. The molecule has 0 bridgehead atoms. The van der Waals surface area contributed by atoms with E-state index in [1.165, 1.54) is 17.8 Å². The molecule has 0 radical (unpaired) electrons.